The second-order valence-corrected chi connectivity index (χ2v) is 4.02. The van der Waals surface area contributed by atoms with Crippen LogP contribution in [0.3, 0.4) is 0 Å². The first-order valence-corrected chi connectivity index (χ1v) is 5.79. The van der Waals surface area contributed by atoms with Crippen molar-refractivity contribution in [1.82, 2.24) is 5.32 Å². The van der Waals surface area contributed by atoms with Crippen molar-refractivity contribution in [2.24, 2.45) is 0 Å². The maximum absolute atomic E-state index is 12.7. The van der Waals surface area contributed by atoms with Crippen LogP contribution in [0.25, 0.3) is 0 Å². The summed E-state index contributed by atoms with van der Waals surface area (Å²) in [6.07, 6.45) is 0. The first-order valence-electron chi connectivity index (χ1n) is 5.79. The molecule has 0 fully saturated rings. The van der Waals surface area contributed by atoms with Crippen molar-refractivity contribution in [2.45, 2.75) is 6.54 Å². The number of ketones is 1. The molecule has 0 radical (unpaired) electrons. The van der Waals surface area contributed by atoms with Crippen LogP contribution in [-0.2, 0) is 6.54 Å². The zero-order valence-electron chi connectivity index (χ0n) is 10.3. The number of halogens is 2. The van der Waals surface area contributed by atoms with Gasteiger partial charge in [0.15, 0.2) is 5.78 Å². The average Bonchev–Trinajstić information content (AvgIpc) is 2.40. The minimum absolute atomic E-state index is 0. The standard InChI is InChI=1S/C15H14FNO.ClH/c16-14-8-6-13(7-9-14)15(18)11-17-10-12-4-2-1-3-5-12;/h1-9,17H,10-11H2;1H. The third-order valence-electron chi connectivity index (χ3n) is 2.62. The van der Waals surface area contributed by atoms with Gasteiger partial charge in [-0.2, -0.15) is 0 Å². The molecule has 0 amide bonds. The van der Waals surface area contributed by atoms with Crippen LogP contribution in [0, 0.1) is 5.82 Å². The molecule has 0 aliphatic heterocycles. The Hall–Kier alpha value is -1.71. The first kappa shape index (κ1) is 15.3. The molecule has 0 aliphatic rings. The molecule has 2 aromatic rings. The van der Waals surface area contributed by atoms with Crippen molar-refractivity contribution in [3.05, 3.63) is 71.5 Å². The Morgan fingerprint density at radius 2 is 1.63 bits per heavy atom. The number of hydrogen-bond acceptors (Lipinski definition) is 2. The molecule has 2 rings (SSSR count). The van der Waals surface area contributed by atoms with E-state index >= 15 is 0 Å². The van der Waals surface area contributed by atoms with Gasteiger partial charge in [-0.3, -0.25) is 4.79 Å². The monoisotopic (exact) mass is 279 g/mol. The summed E-state index contributed by atoms with van der Waals surface area (Å²) in [6.45, 7) is 0.897. The van der Waals surface area contributed by atoms with E-state index in [0.717, 1.165) is 5.56 Å². The zero-order valence-corrected chi connectivity index (χ0v) is 11.1. The van der Waals surface area contributed by atoms with Gasteiger partial charge in [-0.25, -0.2) is 4.39 Å². The van der Waals surface area contributed by atoms with E-state index in [4.69, 9.17) is 0 Å². The molecule has 0 spiro atoms. The molecule has 1 N–H and O–H groups in total. The van der Waals surface area contributed by atoms with Crippen LogP contribution in [-0.4, -0.2) is 12.3 Å². The Bertz CT molecular complexity index is 513. The van der Waals surface area contributed by atoms with E-state index in [1.54, 1.807) is 0 Å². The summed E-state index contributed by atoms with van der Waals surface area (Å²) in [4.78, 5) is 11.8. The van der Waals surface area contributed by atoms with Crippen molar-refractivity contribution < 1.29 is 9.18 Å². The summed E-state index contributed by atoms with van der Waals surface area (Å²) in [5.41, 5.74) is 1.65. The number of nitrogens with one attached hydrogen (secondary N) is 1. The molecule has 100 valence electrons. The van der Waals surface area contributed by atoms with E-state index < -0.39 is 0 Å². The Balaban J connectivity index is 0.00000180. The van der Waals surface area contributed by atoms with Crippen LogP contribution in [0.4, 0.5) is 4.39 Å². The topological polar surface area (TPSA) is 29.1 Å². The second-order valence-electron chi connectivity index (χ2n) is 4.02. The Kier molecular flexibility index (Phi) is 6.19. The highest BCUT2D eigenvalue weighted by Gasteiger charge is 2.04. The Morgan fingerprint density at radius 3 is 2.26 bits per heavy atom. The highest BCUT2D eigenvalue weighted by Crippen LogP contribution is 2.03. The average molecular weight is 280 g/mol. The summed E-state index contributed by atoms with van der Waals surface area (Å²) < 4.78 is 12.7. The molecule has 0 heterocycles. The normalized spacial score (nSPS) is 9.74. The van der Waals surface area contributed by atoms with Gasteiger partial charge in [0.05, 0.1) is 6.54 Å². The smallest absolute Gasteiger partial charge is 0.176 e. The number of carbonyl (C=O) groups excluding carboxylic acids is 1. The lowest BCUT2D eigenvalue weighted by molar-refractivity contribution is 0.0991. The summed E-state index contributed by atoms with van der Waals surface area (Å²) in [5, 5.41) is 3.07. The lowest BCUT2D eigenvalue weighted by atomic mass is 10.1. The molecule has 0 saturated heterocycles. The summed E-state index contributed by atoms with van der Waals surface area (Å²) in [5.74, 6) is -0.366. The lowest BCUT2D eigenvalue weighted by Gasteiger charge is -2.04. The number of benzene rings is 2. The van der Waals surface area contributed by atoms with Crippen LogP contribution in [0.1, 0.15) is 15.9 Å². The van der Waals surface area contributed by atoms with Gasteiger partial charge < -0.3 is 5.32 Å². The van der Waals surface area contributed by atoms with Crippen molar-refractivity contribution in [3.8, 4) is 0 Å². The van der Waals surface area contributed by atoms with Crippen molar-refractivity contribution >= 4 is 18.2 Å². The van der Waals surface area contributed by atoms with Crippen LogP contribution in [0.15, 0.2) is 54.6 Å². The SMILES string of the molecule is Cl.O=C(CNCc1ccccc1)c1ccc(F)cc1. The molecule has 19 heavy (non-hydrogen) atoms. The van der Waals surface area contributed by atoms with Gasteiger partial charge in [-0.1, -0.05) is 30.3 Å². The molecule has 4 heteroatoms. The van der Waals surface area contributed by atoms with Gasteiger partial charge in [0.1, 0.15) is 5.82 Å². The van der Waals surface area contributed by atoms with Gasteiger partial charge >= 0.3 is 0 Å². The maximum Gasteiger partial charge on any atom is 0.176 e. The zero-order chi connectivity index (χ0) is 12.8. The molecular weight excluding hydrogens is 265 g/mol. The van der Waals surface area contributed by atoms with Gasteiger partial charge in [-0.15, -0.1) is 12.4 Å². The van der Waals surface area contributed by atoms with E-state index in [1.807, 2.05) is 30.3 Å². The molecule has 0 unspecified atom stereocenters. The number of carbonyl (C=O) groups is 1. The van der Waals surface area contributed by atoms with Gasteiger partial charge in [0.2, 0.25) is 0 Å². The molecule has 0 atom stereocenters. The van der Waals surface area contributed by atoms with Crippen LogP contribution in [0.5, 0.6) is 0 Å². The highest BCUT2D eigenvalue weighted by atomic mass is 35.5. The quantitative estimate of drug-likeness (QED) is 0.852. The van der Waals surface area contributed by atoms with E-state index in [9.17, 15) is 9.18 Å². The fourth-order valence-corrected chi connectivity index (χ4v) is 1.65. The largest absolute Gasteiger partial charge is 0.306 e. The first-order chi connectivity index (χ1) is 8.75. The number of hydrogen-bond donors (Lipinski definition) is 1. The number of rotatable bonds is 5. The predicted molar refractivity (Wildman–Crippen MR) is 76.1 cm³/mol. The van der Waals surface area contributed by atoms with E-state index in [2.05, 4.69) is 5.32 Å². The van der Waals surface area contributed by atoms with Gasteiger partial charge in [0, 0.05) is 12.1 Å². The van der Waals surface area contributed by atoms with E-state index in [-0.39, 0.29) is 30.6 Å². The Morgan fingerprint density at radius 1 is 1.00 bits per heavy atom. The lowest BCUT2D eigenvalue weighted by Crippen LogP contribution is -2.22. The molecule has 0 aromatic heterocycles. The van der Waals surface area contributed by atoms with Gasteiger partial charge in [0.25, 0.3) is 0 Å². The summed E-state index contributed by atoms with van der Waals surface area (Å²) >= 11 is 0. The fraction of sp³-hybridized carbons (Fsp3) is 0.133. The van der Waals surface area contributed by atoms with Crippen molar-refractivity contribution in [2.75, 3.05) is 6.54 Å². The highest BCUT2D eigenvalue weighted by molar-refractivity contribution is 5.97. The third kappa shape index (κ3) is 4.81. The minimum atomic E-state index is -0.330. The fourth-order valence-electron chi connectivity index (χ4n) is 1.65. The maximum atomic E-state index is 12.7. The molecule has 0 aliphatic carbocycles. The minimum Gasteiger partial charge on any atom is -0.306 e. The van der Waals surface area contributed by atoms with Crippen molar-refractivity contribution in [3.63, 3.8) is 0 Å². The van der Waals surface area contributed by atoms with E-state index in [1.165, 1.54) is 24.3 Å². The third-order valence-corrected chi connectivity index (χ3v) is 2.62. The van der Waals surface area contributed by atoms with E-state index in [0.29, 0.717) is 12.1 Å². The number of Topliss-reactive ketones (excluding diaryl/α,β-unsaturated/α-hetero) is 1. The predicted octanol–water partition coefficient (Wildman–Crippen LogP) is 3.22. The second kappa shape index (κ2) is 7.67. The molecule has 0 saturated carbocycles. The van der Waals surface area contributed by atoms with Crippen LogP contribution in [0.2, 0.25) is 0 Å². The van der Waals surface area contributed by atoms with Crippen LogP contribution >= 0.6 is 12.4 Å². The summed E-state index contributed by atoms with van der Waals surface area (Å²) in [6, 6.07) is 15.5. The van der Waals surface area contributed by atoms with Gasteiger partial charge in [-0.05, 0) is 29.8 Å². The molecule has 0 bridgehead atoms. The summed E-state index contributed by atoms with van der Waals surface area (Å²) in [7, 11) is 0. The molecule has 2 aromatic carbocycles. The van der Waals surface area contributed by atoms with Crippen LogP contribution < -0.4 is 5.32 Å². The Labute approximate surface area is 118 Å². The van der Waals surface area contributed by atoms with Crippen molar-refractivity contribution in [1.29, 1.82) is 0 Å². The molecule has 2 nitrogen and oxygen atoms in total. The molecular formula is C15H15ClFNO.